The van der Waals surface area contributed by atoms with Crippen molar-refractivity contribution in [3.05, 3.63) is 42.1 Å². The van der Waals surface area contributed by atoms with E-state index < -0.39 is 0 Å². The van der Waals surface area contributed by atoms with Crippen molar-refractivity contribution < 1.29 is 0 Å². The molecule has 10 heteroatoms. The zero-order valence-corrected chi connectivity index (χ0v) is 18.2. The Morgan fingerprint density at radius 3 is 2.63 bits per heavy atom. The lowest BCUT2D eigenvalue weighted by Crippen LogP contribution is -2.33. The Kier molecular flexibility index (Phi) is 15.7. The van der Waals surface area contributed by atoms with E-state index in [1.54, 1.807) is 6.33 Å². The maximum absolute atomic E-state index is 5.87. The normalized spacial score (nSPS) is 10.2. The van der Waals surface area contributed by atoms with E-state index in [1.807, 2.05) is 32.4 Å². The molecule has 0 atom stereocenters. The highest BCUT2D eigenvalue weighted by Crippen LogP contribution is 2.09. The van der Waals surface area contributed by atoms with Gasteiger partial charge in [0.05, 0.1) is 6.33 Å². The molecule has 4 N–H and O–H groups in total. The van der Waals surface area contributed by atoms with E-state index in [1.165, 1.54) is 5.56 Å². The molecule has 0 aliphatic heterocycles. The predicted molar refractivity (Wildman–Crippen MR) is 120 cm³/mol. The molecule has 0 aliphatic carbocycles. The van der Waals surface area contributed by atoms with Gasteiger partial charge in [-0.3, -0.25) is 4.99 Å². The third-order valence-corrected chi connectivity index (χ3v) is 3.70. The summed E-state index contributed by atoms with van der Waals surface area (Å²) in [4.78, 5) is 18.0. The van der Waals surface area contributed by atoms with Gasteiger partial charge in [-0.15, -0.1) is 37.2 Å². The van der Waals surface area contributed by atoms with Crippen molar-refractivity contribution >= 4 is 49.0 Å². The second kappa shape index (κ2) is 15.4. The van der Waals surface area contributed by atoms with Gasteiger partial charge in [0, 0.05) is 44.8 Å². The number of hydrogen-bond donors (Lipinski definition) is 3. The van der Waals surface area contributed by atoms with Crippen LogP contribution in [-0.2, 0) is 6.42 Å². The molecule has 0 aliphatic rings. The number of pyridine rings is 1. The maximum atomic E-state index is 5.87. The lowest BCUT2D eigenvalue weighted by molar-refractivity contribution is 0.746. The van der Waals surface area contributed by atoms with Crippen LogP contribution in [-0.4, -0.2) is 47.6 Å². The number of aliphatic imine (C=N–C) groups is 1. The van der Waals surface area contributed by atoms with Gasteiger partial charge in [-0.05, 0) is 37.8 Å². The zero-order chi connectivity index (χ0) is 17.2. The van der Waals surface area contributed by atoms with Crippen molar-refractivity contribution in [2.45, 2.75) is 26.2 Å². The van der Waals surface area contributed by atoms with E-state index in [0.717, 1.165) is 43.9 Å². The summed E-state index contributed by atoms with van der Waals surface area (Å²) in [5, 5.41) is 3.14. The number of guanidine groups is 1. The van der Waals surface area contributed by atoms with E-state index in [4.69, 9.17) is 5.73 Å². The van der Waals surface area contributed by atoms with Gasteiger partial charge < -0.3 is 20.9 Å². The van der Waals surface area contributed by atoms with Crippen LogP contribution in [0.2, 0.25) is 0 Å². The summed E-state index contributed by atoms with van der Waals surface area (Å²) in [6, 6.07) is 4.11. The minimum absolute atomic E-state index is 0. The van der Waals surface area contributed by atoms with Gasteiger partial charge in [-0.1, -0.05) is 6.07 Å². The SMILES string of the molecule is Cc1ccc(N(C)CCCN=C(N)NCCCc2cnc[nH]2)nc1.Cl.Cl.Cl. The van der Waals surface area contributed by atoms with E-state index in [2.05, 4.69) is 36.2 Å². The Hall–Kier alpha value is -1.70. The summed E-state index contributed by atoms with van der Waals surface area (Å²) < 4.78 is 0. The quantitative estimate of drug-likeness (QED) is 0.318. The number of nitrogens with zero attached hydrogens (tertiary/aromatic N) is 4. The van der Waals surface area contributed by atoms with Crippen LogP contribution in [0.1, 0.15) is 24.1 Å². The van der Waals surface area contributed by atoms with Crippen LogP contribution in [0.4, 0.5) is 5.82 Å². The molecule has 154 valence electrons. The highest BCUT2D eigenvalue weighted by molar-refractivity contribution is 5.86. The number of anilines is 1. The Morgan fingerprint density at radius 2 is 2.00 bits per heavy atom. The summed E-state index contributed by atoms with van der Waals surface area (Å²) in [5.41, 5.74) is 8.18. The van der Waals surface area contributed by atoms with Crippen molar-refractivity contribution in [2.24, 2.45) is 10.7 Å². The lowest BCUT2D eigenvalue weighted by atomic mass is 10.2. The number of halogens is 3. The average molecular weight is 439 g/mol. The molecular weight excluding hydrogens is 409 g/mol. The van der Waals surface area contributed by atoms with E-state index >= 15 is 0 Å². The Morgan fingerprint density at radius 1 is 1.22 bits per heavy atom. The predicted octanol–water partition coefficient (Wildman–Crippen LogP) is 2.74. The van der Waals surface area contributed by atoms with Gasteiger partial charge in [0.25, 0.3) is 0 Å². The van der Waals surface area contributed by atoms with Gasteiger partial charge in [0.1, 0.15) is 5.82 Å². The zero-order valence-electron chi connectivity index (χ0n) is 15.7. The highest BCUT2D eigenvalue weighted by Gasteiger charge is 2.01. The topological polar surface area (TPSA) is 95.2 Å². The fourth-order valence-corrected chi connectivity index (χ4v) is 2.28. The Labute approximate surface area is 179 Å². The second-order valence-corrected chi connectivity index (χ2v) is 5.84. The minimum Gasteiger partial charge on any atom is -0.370 e. The summed E-state index contributed by atoms with van der Waals surface area (Å²) >= 11 is 0. The molecule has 0 bridgehead atoms. The van der Waals surface area contributed by atoms with E-state index in [0.29, 0.717) is 12.5 Å². The van der Waals surface area contributed by atoms with E-state index in [-0.39, 0.29) is 37.2 Å². The first kappa shape index (κ1) is 27.5. The van der Waals surface area contributed by atoms with Gasteiger partial charge in [-0.25, -0.2) is 9.97 Å². The number of nitrogens with two attached hydrogens (primary N) is 1. The number of aromatic nitrogens is 3. The lowest BCUT2D eigenvalue weighted by Gasteiger charge is -2.17. The van der Waals surface area contributed by atoms with Crippen molar-refractivity contribution in [3.63, 3.8) is 0 Å². The smallest absolute Gasteiger partial charge is 0.188 e. The molecule has 0 amide bonds. The van der Waals surface area contributed by atoms with Crippen LogP contribution in [0.25, 0.3) is 0 Å². The molecule has 0 unspecified atom stereocenters. The monoisotopic (exact) mass is 437 g/mol. The molecule has 7 nitrogen and oxygen atoms in total. The number of imidazole rings is 1. The van der Waals surface area contributed by atoms with Crippen molar-refractivity contribution in [1.82, 2.24) is 20.3 Å². The van der Waals surface area contributed by atoms with Crippen molar-refractivity contribution in [3.8, 4) is 0 Å². The fourth-order valence-electron chi connectivity index (χ4n) is 2.28. The minimum atomic E-state index is 0. The summed E-state index contributed by atoms with van der Waals surface area (Å²) in [6.07, 6.45) is 8.30. The maximum Gasteiger partial charge on any atom is 0.188 e. The van der Waals surface area contributed by atoms with Gasteiger partial charge >= 0.3 is 0 Å². The summed E-state index contributed by atoms with van der Waals surface area (Å²) in [5.74, 6) is 1.49. The standard InChI is InChI=1S/C17H27N7.3ClH/c1-14-6-7-16(22-11-14)24(2)10-4-9-21-17(18)20-8-3-5-15-12-19-13-23-15;;;/h6-7,11-13H,3-5,8-10H2,1-2H3,(H,19,23)(H3,18,20,21);3*1H. The van der Waals surface area contributed by atoms with E-state index in [9.17, 15) is 0 Å². The number of rotatable bonds is 9. The third-order valence-electron chi connectivity index (χ3n) is 3.70. The molecule has 2 aromatic heterocycles. The number of aromatic amines is 1. The van der Waals surface area contributed by atoms with Crippen LogP contribution >= 0.6 is 37.2 Å². The largest absolute Gasteiger partial charge is 0.370 e. The molecule has 27 heavy (non-hydrogen) atoms. The Balaban J connectivity index is 0. The second-order valence-electron chi connectivity index (χ2n) is 5.84. The molecule has 0 fully saturated rings. The molecule has 2 rings (SSSR count). The van der Waals surface area contributed by atoms with Crippen molar-refractivity contribution in [1.29, 1.82) is 0 Å². The molecular formula is C17H30Cl3N7. The summed E-state index contributed by atoms with van der Waals surface area (Å²) in [6.45, 7) is 4.44. The molecule has 0 saturated heterocycles. The first-order valence-corrected chi connectivity index (χ1v) is 8.30. The molecule has 2 aromatic rings. The van der Waals surface area contributed by atoms with Crippen LogP contribution in [0.5, 0.6) is 0 Å². The first-order chi connectivity index (χ1) is 11.6. The van der Waals surface area contributed by atoms with Gasteiger partial charge in [-0.2, -0.15) is 0 Å². The van der Waals surface area contributed by atoms with Crippen molar-refractivity contribution in [2.75, 3.05) is 31.6 Å². The third kappa shape index (κ3) is 10.9. The Bertz CT molecular complexity index is 618. The van der Waals surface area contributed by atoms with Crippen LogP contribution in [0.3, 0.4) is 0 Å². The first-order valence-electron chi connectivity index (χ1n) is 8.30. The van der Waals surface area contributed by atoms with Gasteiger partial charge in [0.2, 0.25) is 0 Å². The summed E-state index contributed by atoms with van der Waals surface area (Å²) in [7, 11) is 2.04. The molecule has 0 spiro atoms. The molecule has 0 saturated carbocycles. The van der Waals surface area contributed by atoms with Crippen LogP contribution < -0.4 is 16.0 Å². The average Bonchev–Trinajstić information content (AvgIpc) is 3.09. The number of nitrogens with one attached hydrogen (secondary N) is 2. The number of hydrogen-bond acceptors (Lipinski definition) is 4. The van der Waals surface area contributed by atoms with Crippen LogP contribution in [0.15, 0.2) is 35.8 Å². The van der Waals surface area contributed by atoms with Crippen LogP contribution in [0, 0.1) is 6.92 Å². The number of aryl methyl sites for hydroxylation is 2. The molecule has 2 heterocycles. The highest BCUT2D eigenvalue weighted by atomic mass is 35.5. The van der Waals surface area contributed by atoms with Gasteiger partial charge in [0.15, 0.2) is 5.96 Å². The molecule has 0 aromatic carbocycles. The molecule has 0 radical (unpaired) electrons. The fraction of sp³-hybridized carbons (Fsp3) is 0.471. The number of H-pyrrole nitrogens is 1.